The molecule has 0 spiro atoms. The first-order valence-electron chi connectivity index (χ1n) is 10.3. The zero-order chi connectivity index (χ0) is 23.9. The number of rotatable bonds is 5. The number of aliphatic hydroxyl groups is 9. The Hall–Kier alpha value is -0.560. The zero-order valence-corrected chi connectivity index (χ0v) is 17.4. The number of hydrogen-bond acceptors (Lipinski definition) is 14. The molecule has 0 aromatic rings. The van der Waals surface area contributed by atoms with Crippen LogP contribution < -0.4 is 0 Å². The molecule has 14 nitrogen and oxygen atoms in total. The van der Waals surface area contributed by atoms with E-state index in [0.29, 0.717) is 0 Å². The minimum atomic E-state index is -1.78. The first-order chi connectivity index (χ1) is 15.0. The Morgan fingerprint density at radius 3 is 1.62 bits per heavy atom. The smallest absolute Gasteiger partial charge is 0.187 e. The molecule has 3 saturated heterocycles. The molecule has 188 valence electrons. The Labute approximate surface area is 183 Å². The third-order valence-electron chi connectivity index (χ3n) is 6.01. The lowest BCUT2D eigenvalue weighted by molar-refractivity contribution is -0.375. The Morgan fingerprint density at radius 2 is 1.06 bits per heavy atom. The van der Waals surface area contributed by atoms with Gasteiger partial charge in [0.15, 0.2) is 18.9 Å². The Kier molecular flexibility index (Phi) is 8.44. The SMILES string of the molecule is C[C@@H]1O[C@@H](O[C@@H]2[C@@H](O)[C@H](C)OC(O)[C@@H]2O)[C@H](O)[C@H](O[C@H]2O[C@H](CO)[C@@H](O)[C@H](O)[C@H]2O)[C@H]1O. The molecule has 15 atom stereocenters. The fourth-order valence-electron chi connectivity index (χ4n) is 3.93. The second-order valence-corrected chi connectivity index (χ2v) is 8.30. The highest BCUT2D eigenvalue weighted by Gasteiger charge is 2.52. The van der Waals surface area contributed by atoms with Crippen LogP contribution in [0.2, 0.25) is 0 Å². The van der Waals surface area contributed by atoms with Gasteiger partial charge in [-0.1, -0.05) is 0 Å². The minimum absolute atomic E-state index is 0.703. The summed E-state index contributed by atoms with van der Waals surface area (Å²) in [5, 5.41) is 90.6. The normalized spacial score (nSPS) is 55.0. The van der Waals surface area contributed by atoms with Gasteiger partial charge in [0.2, 0.25) is 0 Å². The molecule has 3 aliphatic heterocycles. The van der Waals surface area contributed by atoms with Crippen molar-refractivity contribution in [1.82, 2.24) is 0 Å². The van der Waals surface area contributed by atoms with Gasteiger partial charge in [0.1, 0.15) is 61.0 Å². The van der Waals surface area contributed by atoms with Crippen molar-refractivity contribution in [3.8, 4) is 0 Å². The van der Waals surface area contributed by atoms with E-state index in [4.69, 9.17) is 23.7 Å². The van der Waals surface area contributed by atoms with Gasteiger partial charge in [0.05, 0.1) is 18.8 Å². The summed E-state index contributed by atoms with van der Waals surface area (Å²) in [5.74, 6) is 0. The van der Waals surface area contributed by atoms with Crippen molar-refractivity contribution in [2.75, 3.05) is 6.61 Å². The van der Waals surface area contributed by atoms with E-state index in [9.17, 15) is 46.0 Å². The molecule has 3 fully saturated rings. The molecule has 0 aliphatic carbocycles. The van der Waals surface area contributed by atoms with Crippen LogP contribution in [0.4, 0.5) is 0 Å². The van der Waals surface area contributed by atoms with E-state index >= 15 is 0 Å². The summed E-state index contributed by atoms with van der Waals surface area (Å²) >= 11 is 0. The summed E-state index contributed by atoms with van der Waals surface area (Å²) in [6.07, 6.45) is -22.4. The molecule has 3 aliphatic rings. The fraction of sp³-hybridized carbons (Fsp3) is 1.00. The van der Waals surface area contributed by atoms with Crippen LogP contribution in [0.3, 0.4) is 0 Å². The lowest BCUT2D eigenvalue weighted by atomic mass is 9.96. The molecule has 3 rings (SSSR count). The highest BCUT2D eigenvalue weighted by molar-refractivity contribution is 4.95. The topological polar surface area (TPSA) is 228 Å². The molecule has 9 N–H and O–H groups in total. The lowest BCUT2D eigenvalue weighted by Gasteiger charge is -2.47. The Bertz CT molecular complexity index is 594. The minimum Gasteiger partial charge on any atom is -0.394 e. The van der Waals surface area contributed by atoms with Crippen LogP contribution in [0, 0.1) is 0 Å². The van der Waals surface area contributed by atoms with Crippen LogP contribution in [0.5, 0.6) is 0 Å². The molecular formula is C18H32O14. The summed E-state index contributed by atoms with van der Waals surface area (Å²) in [5.41, 5.74) is 0. The summed E-state index contributed by atoms with van der Waals surface area (Å²) in [7, 11) is 0. The van der Waals surface area contributed by atoms with Crippen molar-refractivity contribution in [3.05, 3.63) is 0 Å². The van der Waals surface area contributed by atoms with Crippen LogP contribution in [0.15, 0.2) is 0 Å². The third-order valence-corrected chi connectivity index (χ3v) is 6.01. The van der Waals surface area contributed by atoms with Crippen LogP contribution in [-0.2, 0) is 23.7 Å². The van der Waals surface area contributed by atoms with Crippen LogP contribution in [0.1, 0.15) is 13.8 Å². The van der Waals surface area contributed by atoms with Gasteiger partial charge in [-0.15, -0.1) is 0 Å². The molecule has 3 heterocycles. The highest BCUT2D eigenvalue weighted by Crippen LogP contribution is 2.32. The molecule has 0 radical (unpaired) electrons. The highest BCUT2D eigenvalue weighted by atomic mass is 16.7. The molecule has 0 bridgehead atoms. The van der Waals surface area contributed by atoms with Crippen LogP contribution in [0.25, 0.3) is 0 Å². The van der Waals surface area contributed by atoms with Gasteiger partial charge in [-0.2, -0.15) is 0 Å². The monoisotopic (exact) mass is 472 g/mol. The molecule has 0 aromatic heterocycles. The Balaban J connectivity index is 1.74. The first kappa shape index (κ1) is 26.1. The zero-order valence-electron chi connectivity index (χ0n) is 17.4. The van der Waals surface area contributed by atoms with E-state index in [1.54, 1.807) is 0 Å². The molecule has 1 unspecified atom stereocenters. The van der Waals surface area contributed by atoms with Crippen molar-refractivity contribution >= 4 is 0 Å². The van der Waals surface area contributed by atoms with Crippen molar-refractivity contribution in [1.29, 1.82) is 0 Å². The largest absolute Gasteiger partial charge is 0.394 e. The summed E-state index contributed by atoms with van der Waals surface area (Å²) in [6.45, 7) is 2.16. The predicted octanol–water partition coefficient (Wildman–Crippen LogP) is -5.52. The number of ether oxygens (including phenoxy) is 5. The maximum Gasteiger partial charge on any atom is 0.187 e. The average Bonchev–Trinajstić information content (AvgIpc) is 2.76. The maximum absolute atomic E-state index is 10.7. The van der Waals surface area contributed by atoms with E-state index in [2.05, 4.69) is 0 Å². The number of aliphatic hydroxyl groups excluding tert-OH is 9. The van der Waals surface area contributed by atoms with Gasteiger partial charge in [0.25, 0.3) is 0 Å². The molecule has 14 heteroatoms. The van der Waals surface area contributed by atoms with Gasteiger partial charge in [-0.05, 0) is 13.8 Å². The lowest BCUT2D eigenvalue weighted by Crippen LogP contribution is -2.65. The second-order valence-electron chi connectivity index (χ2n) is 8.30. The van der Waals surface area contributed by atoms with Gasteiger partial charge < -0.3 is 69.6 Å². The molecule has 32 heavy (non-hydrogen) atoms. The van der Waals surface area contributed by atoms with Crippen LogP contribution in [-0.4, -0.2) is 145 Å². The predicted molar refractivity (Wildman–Crippen MR) is 98.4 cm³/mol. The molecular weight excluding hydrogens is 440 g/mol. The van der Waals surface area contributed by atoms with Crippen molar-refractivity contribution < 1.29 is 69.6 Å². The maximum atomic E-state index is 10.7. The van der Waals surface area contributed by atoms with Gasteiger partial charge in [0, 0.05) is 0 Å². The Morgan fingerprint density at radius 1 is 0.562 bits per heavy atom. The average molecular weight is 472 g/mol. The van der Waals surface area contributed by atoms with E-state index in [-0.39, 0.29) is 0 Å². The standard InChI is InChI=1S/C18H32O14/c1-4-7(20)14(12(25)16(27)28-4)31-18-13(26)15(8(21)5(2)29-18)32-17-11(24)10(23)9(22)6(3-19)30-17/h4-27H,3H2,1-2H3/t4-,5-,6+,7-,8-,9+,10-,11+,12+,13+,14+,15+,16?,17+,18-/m0/s1. The van der Waals surface area contributed by atoms with E-state index < -0.39 is 98.7 Å². The summed E-state index contributed by atoms with van der Waals surface area (Å²) in [6, 6.07) is 0. The molecule has 0 saturated carbocycles. The fourth-order valence-corrected chi connectivity index (χ4v) is 3.93. The number of hydrogen-bond donors (Lipinski definition) is 9. The van der Waals surface area contributed by atoms with Gasteiger partial charge in [-0.3, -0.25) is 0 Å². The first-order valence-corrected chi connectivity index (χ1v) is 10.3. The van der Waals surface area contributed by atoms with E-state index in [0.717, 1.165) is 0 Å². The quantitative estimate of drug-likeness (QED) is 0.182. The van der Waals surface area contributed by atoms with Gasteiger partial charge >= 0.3 is 0 Å². The molecule has 0 aromatic carbocycles. The van der Waals surface area contributed by atoms with E-state index in [1.165, 1.54) is 13.8 Å². The third kappa shape index (κ3) is 4.94. The second kappa shape index (κ2) is 10.4. The van der Waals surface area contributed by atoms with Crippen LogP contribution >= 0.6 is 0 Å². The summed E-state index contributed by atoms with van der Waals surface area (Å²) < 4.78 is 26.7. The molecule has 0 amide bonds. The van der Waals surface area contributed by atoms with Gasteiger partial charge in [-0.25, -0.2) is 0 Å². The van der Waals surface area contributed by atoms with E-state index in [1.807, 2.05) is 0 Å². The van der Waals surface area contributed by atoms with Crippen molar-refractivity contribution in [2.45, 2.75) is 106 Å². The summed E-state index contributed by atoms with van der Waals surface area (Å²) in [4.78, 5) is 0. The van der Waals surface area contributed by atoms with Crippen molar-refractivity contribution in [2.24, 2.45) is 0 Å². The van der Waals surface area contributed by atoms with Crippen molar-refractivity contribution in [3.63, 3.8) is 0 Å².